The van der Waals surface area contributed by atoms with Crippen LogP contribution in [-0.4, -0.2) is 36.2 Å². The molecule has 5 nitrogen and oxygen atoms in total. The zero-order chi connectivity index (χ0) is 17.8. The maximum absolute atomic E-state index is 13.8. The molecule has 0 spiro atoms. The van der Waals surface area contributed by atoms with Gasteiger partial charge in [0.1, 0.15) is 5.82 Å². The average Bonchev–Trinajstić information content (AvgIpc) is 2.61. The van der Waals surface area contributed by atoms with E-state index in [4.69, 9.17) is 5.11 Å². The van der Waals surface area contributed by atoms with Gasteiger partial charge in [-0.1, -0.05) is 6.07 Å². The fraction of sp³-hybridized carbons (Fsp3) is 0.158. The lowest BCUT2D eigenvalue weighted by Crippen LogP contribution is -2.21. The van der Waals surface area contributed by atoms with Crippen LogP contribution in [0.2, 0.25) is 0 Å². The number of hydrogen-bond donors (Lipinski definition) is 2. The molecular formula is C19H18FN3O2. The molecule has 128 valence electrons. The SMILES string of the molecule is CN(CCO)c1ccc(NC(=O)c2cc(F)cc3cccnc23)cc1. The van der Waals surface area contributed by atoms with Crippen LogP contribution in [0.15, 0.2) is 54.7 Å². The molecule has 1 heterocycles. The van der Waals surface area contributed by atoms with Crippen LogP contribution in [0.3, 0.4) is 0 Å². The molecule has 0 aliphatic rings. The van der Waals surface area contributed by atoms with Crippen molar-refractivity contribution in [2.45, 2.75) is 0 Å². The number of nitrogens with zero attached hydrogens (tertiary/aromatic N) is 2. The highest BCUT2D eigenvalue weighted by Gasteiger charge is 2.13. The Bertz CT molecular complexity index is 897. The number of rotatable bonds is 5. The number of carbonyl (C=O) groups is 1. The molecule has 0 aliphatic carbocycles. The lowest BCUT2D eigenvalue weighted by molar-refractivity contribution is 0.102. The zero-order valence-electron chi connectivity index (χ0n) is 13.7. The van der Waals surface area contributed by atoms with Crippen molar-refractivity contribution in [3.63, 3.8) is 0 Å². The van der Waals surface area contributed by atoms with Crippen LogP contribution in [-0.2, 0) is 0 Å². The van der Waals surface area contributed by atoms with E-state index in [-0.39, 0.29) is 12.2 Å². The number of aliphatic hydroxyl groups excluding tert-OH is 1. The van der Waals surface area contributed by atoms with Crippen molar-refractivity contribution >= 4 is 28.2 Å². The number of carbonyl (C=O) groups excluding carboxylic acids is 1. The summed E-state index contributed by atoms with van der Waals surface area (Å²) in [5, 5.41) is 12.3. The number of benzene rings is 2. The molecular weight excluding hydrogens is 321 g/mol. The molecule has 1 amide bonds. The monoisotopic (exact) mass is 339 g/mol. The standard InChI is InChI=1S/C19H18FN3O2/c1-23(9-10-24)16-6-4-15(5-7-16)22-19(25)17-12-14(20)11-13-3-2-8-21-18(13)17/h2-8,11-12,24H,9-10H2,1H3,(H,22,25). The summed E-state index contributed by atoms with van der Waals surface area (Å²) >= 11 is 0. The average molecular weight is 339 g/mol. The van der Waals surface area contributed by atoms with Crippen LogP contribution in [0.1, 0.15) is 10.4 Å². The largest absolute Gasteiger partial charge is 0.395 e. The minimum absolute atomic E-state index is 0.0641. The lowest BCUT2D eigenvalue weighted by Gasteiger charge is -2.18. The molecule has 1 aromatic heterocycles. The van der Waals surface area contributed by atoms with Crippen LogP contribution >= 0.6 is 0 Å². The predicted molar refractivity (Wildman–Crippen MR) is 96.5 cm³/mol. The third-order valence-corrected chi connectivity index (χ3v) is 3.92. The van der Waals surface area contributed by atoms with E-state index in [1.54, 1.807) is 30.5 Å². The molecule has 2 aromatic carbocycles. The summed E-state index contributed by atoms with van der Waals surface area (Å²) in [6.45, 7) is 0.585. The van der Waals surface area contributed by atoms with Gasteiger partial charge < -0.3 is 15.3 Å². The molecule has 0 aliphatic heterocycles. The number of aliphatic hydroxyl groups is 1. The smallest absolute Gasteiger partial charge is 0.257 e. The highest BCUT2D eigenvalue weighted by atomic mass is 19.1. The van der Waals surface area contributed by atoms with Crippen molar-refractivity contribution < 1.29 is 14.3 Å². The van der Waals surface area contributed by atoms with Gasteiger partial charge in [-0.05, 0) is 42.5 Å². The number of anilines is 2. The number of halogens is 1. The van der Waals surface area contributed by atoms with Crippen molar-refractivity contribution in [2.75, 3.05) is 30.4 Å². The summed E-state index contributed by atoms with van der Waals surface area (Å²) in [6.07, 6.45) is 1.57. The number of amides is 1. The number of hydrogen-bond acceptors (Lipinski definition) is 4. The Kier molecular flexibility index (Phi) is 4.90. The van der Waals surface area contributed by atoms with Crippen LogP contribution in [0.25, 0.3) is 10.9 Å². The van der Waals surface area contributed by atoms with Crippen LogP contribution in [0.5, 0.6) is 0 Å². The molecule has 3 rings (SSSR count). The second-order valence-electron chi connectivity index (χ2n) is 5.67. The van der Waals surface area contributed by atoms with Crippen LogP contribution in [0, 0.1) is 5.82 Å². The van der Waals surface area contributed by atoms with E-state index in [2.05, 4.69) is 10.3 Å². The summed E-state index contributed by atoms with van der Waals surface area (Å²) in [5.74, 6) is -0.897. The zero-order valence-corrected chi connectivity index (χ0v) is 13.7. The first kappa shape index (κ1) is 16.9. The third kappa shape index (κ3) is 3.75. The minimum Gasteiger partial charge on any atom is -0.395 e. The van der Waals surface area contributed by atoms with Gasteiger partial charge in [-0.15, -0.1) is 0 Å². The van der Waals surface area contributed by atoms with Crippen molar-refractivity contribution in [1.82, 2.24) is 4.98 Å². The van der Waals surface area contributed by atoms with Gasteiger partial charge in [0.05, 0.1) is 17.7 Å². The highest BCUT2D eigenvalue weighted by Crippen LogP contribution is 2.21. The van der Waals surface area contributed by atoms with Crippen LogP contribution < -0.4 is 10.2 Å². The molecule has 0 saturated heterocycles. The Balaban J connectivity index is 1.83. The number of nitrogens with one attached hydrogen (secondary N) is 1. The van der Waals surface area contributed by atoms with Crippen molar-refractivity contribution in [3.8, 4) is 0 Å². The van der Waals surface area contributed by atoms with Crippen molar-refractivity contribution in [3.05, 3.63) is 66.1 Å². The van der Waals surface area contributed by atoms with E-state index in [0.717, 1.165) is 5.69 Å². The first-order valence-electron chi connectivity index (χ1n) is 7.86. The van der Waals surface area contributed by atoms with Crippen LogP contribution in [0.4, 0.5) is 15.8 Å². The van der Waals surface area contributed by atoms with Crippen molar-refractivity contribution in [2.24, 2.45) is 0 Å². The normalized spacial score (nSPS) is 10.7. The molecule has 0 unspecified atom stereocenters. The Morgan fingerprint density at radius 2 is 2.00 bits per heavy atom. The Hall–Kier alpha value is -2.99. The van der Waals surface area contributed by atoms with E-state index in [1.807, 2.05) is 24.1 Å². The maximum atomic E-state index is 13.8. The van der Waals surface area contributed by atoms with E-state index in [1.165, 1.54) is 12.1 Å². The lowest BCUT2D eigenvalue weighted by atomic mass is 10.1. The van der Waals surface area contributed by atoms with E-state index in [0.29, 0.717) is 23.1 Å². The second kappa shape index (κ2) is 7.27. The third-order valence-electron chi connectivity index (χ3n) is 3.92. The number of fused-ring (bicyclic) bond motifs is 1. The van der Waals surface area contributed by atoms with Gasteiger partial charge in [-0.3, -0.25) is 9.78 Å². The topological polar surface area (TPSA) is 65.5 Å². The fourth-order valence-electron chi connectivity index (χ4n) is 2.61. The summed E-state index contributed by atoms with van der Waals surface area (Å²) in [4.78, 5) is 18.6. The molecule has 3 aromatic rings. The van der Waals surface area contributed by atoms with Gasteiger partial charge in [0.25, 0.3) is 5.91 Å². The summed E-state index contributed by atoms with van der Waals surface area (Å²) < 4.78 is 13.8. The summed E-state index contributed by atoms with van der Waals surface area (Å²) in [7, 11) is 1.87. The Morgan fingerprint density at radius 1 is 1.24 bits per heavy atom. The van der Waals surface area contributed by atoms with E-state index in [9.17, 15) is 9.18 Å². The molecule has 0 bridgehead atoms. The van der Waals surface area contributed by atoms with E-state index >= 15 is 0 Å². The maximum Gasteiger partial charge on any atom is 0.257 e. The second-order valence-corrected chi connectivity index (χ2v) is 5.67. The first-order chi connectivity index (χ1) is 12.1. The molecule has 6 heteroatoms. The van der Waals surface area contributed by atoms with Gasteiger partial charge in [0.2, 0.25) is 0 Å². The van der Waals surface area contributed by atoms with Crippen molar-refractivity contribution in [1.29, 1.82) is 0 Å². The van der Waals surface area contributed by atoms with Gasteiger partial charge in [0, 0.05) is 36.6 Å². The fourth-order valence-corrected chi connectivity index (χ4v) is 2.61. The van der Waals surface area contributed by atoms with Gasteiger partial charge in [-0.25, -0.2) is 4.39 Å². The number of likely N-dealkylation sites (N-methyl/N-ethyl adjacent to an activating group) is 1. The quantitative estimate of drug-likeness (QED) is 0.750. The predicted octanol–water partition coefficient (Wildman–Crippen LogP) is 3.05. The minimum atomic E-state index is -0.480. The summed E-state index contributed by atoms with van der Waals surface area (Å²) in [5.41, 5.74) is 2.17. The highest BCUT2D eigenvalue weighted by molar-refractivity contribution is 6.11. The molecule has 25 heavy (non-hydrogen) atoms. The molecule has 0 fully saturated rings. The molecule has 0 radical (unpaired) electrons. The molecule has 0 saturated carbocycles. The van der Waals surface area contributed by atoms with Gasteiger partial charge in [-0.2, -0.15) is 0 Å². The Morgan fingerprint density at radius 3 is 2.72 bits per heavy atom. The number of aromatic nitrogens is 1. The number of pyridine rings is 1. The van der Waals surface area contributed by atoms with Gasteiger partial charge in [0.15, 0.2) is 0 Å². The summed E-state index contributed by atoms with van der Waals surface area (Å²) in [6, 6.07) is 13.2. The molecule has 0 atom stereocenters. The molecule has 2 N–H and O–H groups in total. The first-order valence-corrected chi connectivity index (χ1v) is 7.86. The van der Waals surface area contributed by atoms with Gasteiger partial charge >= 0.3 is 0 Å². The van der Waals surface area contributed by atoms with E-state index < -0.39 is 11.7 Å². The Labute approximate surface area is 144 Å².